The van der Waals surface area contributed by atoms with Crippen LogP contribution in [0.1, 0.15) is 50.9 Å². The van der Waals surface area contributed by atoms with E-state index in [0.29, 0.717) is 36.3 Å². The molecule has 1 fully saturated rings. The number of aliphatic hydroxyl groups excluding tert-OH is 1. The molecule has 3 heterocycles. The molecule has 0 spiro atoms. The van der Waals surface area contributed by atoms with E-state index in [0.717, 1.165) is 11.1 Å². The first-order valence-electron chi connectivity index (χ1n) is 11.3. The molecule has 0 saturated carbocycles. The fourth-order valence-corrected chi connectivity index (χ4v) is 4.59. The summed E-state index contributed by atoms with van der Waals surface area (Å²) in [5, 5.41) is 11.4. The molecule has 4 rings (SSSR count). The van der Waals surface area contributed by atoms with Crippen molar-refractivity contribution in [1.29, 1.82) is 0 Å². The van der Waals surface area contributed by atoms with Gasteiger partial charge < -0.3 is 24.3 Å². The lowest BCUT2D eigenvalue weighted by Gasteiger charge is -2.25. The molecule has 0 aliphatic carbocycles. The van der Waals surface area contributed by atoms with Gasteiger partial charge in [-0.2, -0.15) is 0 Å². The third kappa shape index (κ3) is 4.37. The summed E-state index contributed by atoms with van der Waals surface area (Å²) in [7, 11) is 1.27. The number of hydrogen-bond donors (Lipinski definition) is 2. The van der Waals surface area contributed by atoms with Gasteiger partial charge in [0.05, 0.1) is 25.1 Å². The van der Waals surface area contributed by atoms with Gasteiger partial charge in [0.25, 0.3) is 11.7 Å². The average molecular weight is 477 g/mol. The van der Waals surface area contributed by atoms with Crippen LogP contribution in [0.25, 0.3) is 5.76 Å². The molecule has 0 radical (unpaired) electrons. The van der Waals surface area contributed by atoms with Crippen molar-refractivity contribution < 1.29 is 24.2 Å². The molecule has 1 unspecified atom stereocenters. The number of carbonyl (C=O) groups excluding carboxylic acids is 3. The van der Waals surface area contributed by atoms with Crippen LogP contribution in [0.2, 0.25) is 0 Å². The fraction of sp³-hybridized carbons (Fsp3) is 0.308. The Morgan fingerprint density at radius 2 is 1.86 bits per heavy atom. The second-order valence-electron chi connectivity index (χ2n) is 8.67. The van der Waals surface area contributed by atoms with Gasteiger partial charge in [0.2, 0.25) is 0 Å². The molecule has 1 aliphatic rings. The number of likely N-dealkylation sites (tertiary alicyclic amines) is 1. The molecule has 182 valence electrons. The van der Waals surface area contributed by atoms with Gasteiger partial charge in [0.15, 0.2) is 0 Å². The van der Waals surface area contributed by atoms with Crippen molar-refractivity contribution in [3.63, 3.8) is 0 Å². The first kappa shape index (κ1) is 24.0. The van der Waals surface area contributed by atoms with Crippen LogP contribution in [0.4, 0.5) is 0 Å². The van der Waals surface area contributed by atoms with E-state index in [-0.39, 0.29) is 17.0 Å². The van der Waals surface area contributed by atoms with Gasteiger partial charge in [-0.05, 0) is 38.3 Å². The Bertz CT molecular complexity index is 1300. The van der Waals surface area contributed by atoms with E-state index in [1.807, 2.05) is 42.0 Å². The Balaban J connectivity index is 1.79. The Kier molecular flexibility index (Phi) is 6.59. The molecule has 9 heteroatoms. The highest BCUT2D eigenvalue weighted by molar-refractivity contribution is 6.46. The molecule has 2 aromatic heterocycles. The minimum absolute atomic E-state index is 0.00287. The number of esters is 1. The van der Waals surface area contributed by atoms with E-state index < -0.39 is 23.7 Å². The van der Waals surface area contributed by atoms with Crippen molar-refractivity contribution >= 4 is 23.4 Å². The summed E-state index contributed by atoms with van der Waals surface area (Å²) < 4.78 is 6.72. The van der Waals surface area contributed by atoms with Crippen molar-refractivity contribution in [2.45, 2.75) is 39.8 Å². The monoisotopic (exact) mass is 476 g/mol. The third-order valence-electron chi connectivity index (χ3n) is 6.37. The number of aliphatic hydroxyl groups is 1. The molecule has 3 aromatic rings. The number of imidazole rings is 1. The average Bonchev–Trinajstić information content (AvgIpc) is 3.52. The SMILES string of the molecule is COC(=O)c1[nH]c(C)c(/C(O)=C2/C(=O)C(=O)N(CCCn3ccnc3)C2c2ccc(C)cc2)c1C. The molecular weight excluding hydrogens is 448 g/mol. The van der Waals surface area contributed by atoms with Gasteiger partial charge in [0, 0.05) is 36.7 Å². The maximum Gasteiger partial charge on any atom is 0.354 e. The molecule has 2 N–H and O–H groups in total. The number of carbonyl (C=O) groups is 3. The molecule has 1 saturated heterocycles. The van der Waals surface area contributed by atoms with Crippen molar-refractivity contribution in [3.05, 3.63) is 82.2 Å². The molecule has 1 aliphatic heterocycles. The zero-order chi connectivity index (χ0) is 25.3. The number of hydrogen-bond acceptors (Lipinski definition) is 6. The lowest BCUT2D eigenvalue weighted by molar-refractivity contribution is -0.139. The van der Waals surface area contributed by atoms with E-state index in [2.05, 4.69) is 9.97 Å². The lowest BCUT2D eigenvalue weighted by atomic mass is 9.93. The molecule has 1 amide bonds. The molecular formula is C26H28N4O5. The minimum Gasteiger partial charge on any atom is -0.507 e. The predicted molar refractivity (Wildman–Crippen MR) is 129 cm³/mol. The van der Waals surface area contributed by atoms with Crippen LogP contribution in [0.5, 0.6) is 0 Å². The van der Waals surface area contributed by atoms with Crippen LogP contribution in [-0.4, -0.2) is 55.9 Å². The topological polar surface area (TPSA) is 118 Å². The van der Waals surface area contributed by atoms with Crippen LogP contribution in [0.3, 0.4) is 0 Å². The second-order valence-corrected chi connectivity index (χ2v) is 8.67. The second kappa shape index (κ2) is 9.61. The maximum atomic E-state index is 13.3. The number of methoxy groups -OCH3 is 1. The minimum atomic E-state index is -0.756. The van der Waals surface area contributed by atoms with Crippen LogP contribution < -0.4 is 0 Å². The van der Waals surface area contributed by atoms with Gasteiger partial charge in [0.1, 0.15) is 11.5 Å². The highest BCUT2D eigenvalue weighted by Gasteiger charge is 2.46. The lowest BCUT2D eigenvalue weighted by Crippen LogP contribution is -2.31. The van der Waals surface area contributed by atoms with Crippen molar-refractivity contribution in [3.8, 4) is 0 Å². The number of ketones is 1. The summed E-state index contributed by atoms with van der Waals surface area (Å²) >= 11 is 0. The summed E-state index contributed by atoms with van der Waals surface area (Å²) in [6, 6.07) is 6.78. The van der Waals surface area contributed by atoms with Crippen LogP contribution in [-0.2, 0) is 20.9 Å². The first-order valence-corrected chi connectivity index (χ1v) is 11.3. The van der Waals surface area contributed by atoms with Gasteiger partial charge in [-0.25, -0.2) is 9.78 Å². The molecule has 9 nitrogen and oxygen atoms in total. The highest BCUT2D eigenvalue weighted by Crippen LogP contribution is 2.41. The summed E-state index contributed by atoms with van der Waals surface area (Å²) in [6.45, 7) is 6.24. The van der Waals surface area contributed by atoms with E-state index in [1.54, 1.807) is 26.4 Å². The summed E-state index contributed by atoms with van der Waals surface area (Å²) in [4.78, 5) is 47.0. The van der Waals surface area contributed by atoms with E-state index in [4.69, 9.17) is 4.74 Å². The van der Waals surface area contributed by atoms with E-state index in [1.165, 1.54) is 12.0 Å². The molecule has 1 atom stereocenters. The molecule has 0 bridgehead atoms. The van der Waals surface area contributed by atoms with Gasteiger partial charge >= 0.3 is 5.97 Å². The highest BCUT2D eigenvalue weighted by atomic mass is 16.5. The number of nitrogens with one attached hydrogen (secondary N) is 1. The number of ether oxygens (including phenoxy) is 1. The van der Waals surface area contributed by atoms with Crippen molar-refractivity contribution in [2.24, 2.45) is 0 Å². The number of amides is 1. The van der Waals surface area contributed by atoms with Crippen LogP contribution in [0.15, 0.2) is 48.6 Å². The number of nitrogens with zero attached hydrogens (tertiary/aromatic N) is 3. The largest absolute Gasteiger partial charge is 0.507 e. The Morgan fingerprint density at radius 3 is 2.49 bits per heavy atom. The fourth-order valence-electron chi connectivity index (χ4n) is 4.59. The zero-order valence-corrected chi connectivity index (χ0v) is 20.2. The van der Waals surface area contributed by atoms with E-state index >= 15 is 0 Å². The molecule has 35 heavy (non-hydrogen) atoms. The summed E-state index contributed by atoms with van der Waals surface area (Å²) in [5.41, 5.74) is 3.20. The van der Waals surface area contributed by atoms with Gasteiger partial charge in [-0.1, -0.05) is 29.8 Å². The first-order chi connectivity index (χ1) is 16.7. The standard InChI is InChI=1S/C26H28N4O5/c1-15-6-8-18(9-7-15)22-20(23(31)19-16(2)21(26(34)35-4)28-17(19)3)24(32)25(33)30(22)12-5-11-29-13-10-27-14-29/h6-10,13-14,22,28,31H,5,11-12H2,1-4H3/b23-20-. The predicted octanol–water partition coefficient (Wildman–Crippen LogP) is 3.44. The third-order valence-corrected chi connectivity index (χ3v) is 6.37. The number of aromatic nitrogens is 3. The normalized spacial score (nSPS) is 17.3. The molecule has 1 aromatic carbocycles. The number of aryl methyl sites for hydroxylation is 3. The van der Waals surface area contributed by atoms with E-state index in [9.17, 15) is 19.5 Å². The van der Waals surface area contributed by atoms with Crippen LogP contribution in [0, 0.1) is 20.8 Å². The number of aromatic amines is 1. The van der Waals surface area contributed by atoms with Gasteiger partial charge in [-0.3, -0.25) is 9.59 Å². The van der Waals surface area contributed by atoms with Gasteiger partial charge in [-0.15, -0.1) is 0 Å². The quantitative estimate of drug-likeness (QED) is 0.233. The Hall–Kier alpha value is -4.14. The maximum absolute atomic E-state index is 13.3. The summed E-state index contributed by atoms with van der Waals surface area (Å²) in [6.07, 6.45) is 5.81. The zero-order valence-electron chi connectivity index (χ0n) is 20.2. The Labute approximate surface area is 203 Å². The smallest absolute Gasteiger partial charge is 0.354 e. The summed E-state index contributed by atoms with van der Waals surface area (Å²) in [5.74, 6) is -2.32. The Morgan fingerprint density at radius 1 is 1.14 bits per heavy atom. The number of benzene rings is 1. The van der Waals surface area contributed by atoms with Crippen molar-refractivity contribution in [2.75, 3.05) is 13.7 Å². The van der Waals surface area contributed by atoms with Crippen LogP contribution >= 0.6 is 0 Å². The number of Topliss-reactive ketones (excluding diaryl/α,β-unsaturated/α-hetero) is 1. The number of rotatable bonds is 7. The van der Waals surface area contributed by atoms with Crippen molar-refractivity contribution in [1.82, 2.24) is 19.4 Å². The number of H-pyrrole nitrogens is 1.